The Morgan fingerprint density at radius 3 is 2.62 bits per heavy atom. The average molecular weight is 326 g/mol. The SMILES string of the molecule is C[C@@H](NC(=O)Cc1ccccc1F)c1ccc(Cl)cc1Cl. The molecule has 1 amide bonds. The molecule has 2 rings (SSSR count). The number of rotatable bonds is 4. The predicted octanol–water partition coefficient (Wildman–Crippen LogP) is 4.55. The summed E-state index contributed by atoms with van der Waals surface area (Å²) in [5.41, 5.74) is 1.13. The van der Waals surface area contributed by atoms with Gasteiger partial charge >= 0.3 is 0 Å². The van der Waals surface area contributed by atoms with E-state index in [1.807, 2.05) is 6.92 Å². The Balaban J connectivity index is 2.04. The van der Waals surface area contributed by atoms with E-state index in [1.54, 1.807) is 36.4 Å². The number of hydrogen-bond acceptors (Lipinski definition) is 1. The maximum atomic E-state index is 13.5. The molecule has 0 aromatic heterocycles. The average Bonchev–Trinajstić information content (AvgIpc) is 2.41. The van der Waals surface area contributed by atoms with E-state index in [1.165, 1.54) is 6.07 Å². The zero-order valence-corrected chi connectivity index (χ0v) is 12.9. The maximum Gasteiger partial charge on any atom is 0.225 e. The van der Waals surface area contributed by atoms with Crippen molar-refractivity contribution in [1.82, 2.24) is 5.32 Å². The lowest BCUT2D eigenvalue weighted by atomic mass is 10.1. The third-order valence-electron chi connectivity index (χ3n) is 3.12. The van der Waals surface area contributed by atoms with Gasteiger partial charge in [-0.15, -0.1) is 0 Å². The molecule has 0 aliphatic heterocycles. The minimum Gasteiger partial charge on any atom is -0.349 e. The molecule has 0 saturated carbocycles. The number of halogens is 3. The van der Waals surface area contributed by atoms with Crippen molar-refractivity contribution in [3.8, 4) is 0 Å². The predicted molar refractivity (Wildman–Crippen MR) is 83.1 cm³/mol. The summed E-state index contributed by atoms with van der Waals surface area (Å²) >= 11 is 11.9. The molecule has 21 heavy (non-hydrogen) atoms. The van der Waals surface area contributed by atoms with Gasteiger partial charge in [-0.1, -0.05) is 47.5 Å². The van der Waals surface area contributed by atoms with Crippen molar-refractivity contribution >= 4 is 29.1 Å². The minimum absolute atomic E-state index is 0.0117. The fourth-order valence-corrected chi connectivity index (χ4v) is 2.61. The van der Waals surface area contributed by atoms with Gasteiger partial charge in [0.1, 0.15) is 5.82 Å². The summed E-state index contributed by atoms with van der Waals surface area (Å²) in [7, 11) is 0. The van der Waals surface area contributed by atoms with Gasteiger partial charge in [0.05, 0.1) is 12.5 Å². The highest BCUT2D eigenvalue weighted by Crippen LogP contribution is 2.26. The summed E-state index contributed by atoms with van der Waals surface area (Å²) in [4.78, 5) is 12.0. The van der Waals surface area contributed by atoms with Crippen LogP contribution in [0.15, 0.2) is 42.5 Å². The van der Waals surface area contributed by atoms with E-state index in [4.69, 9.17) is 23.2 Å². The van der Waals surface area contributed by atoms with Crippen molar-refractivity contribution in [3.05, 3.63) is 69.5 Å². The van der Waals surface area contributed by atoms with Crippen LogP contribution in [0.5, 0.6) is 0 Å². The molecule has 0 radical (unpaired) electrons. The summed E-state index contributed by atoms with van der Waals surface area (Å²) in [5, 5.41) is 3.82. The summed E-state index contributed by atoms with van der Waals surface area (Å²) in [5.74, 6) is -0.650. The van der Waals surface area contributed by atoms with Gasteiger partial charge < -0.3 is 5.32 Å². The van der Waals surface area contributed by atoms with E-state index in [9.17, 15) is 9.18 Å². The van der Waals surface area contributed by atoms with Crippen molar-refractivity contribution in [2.45, 2.75) is 19.4 Å². The van der Waals surface area contributed by atoms with Crippen LogP contribution in [-0.2, 0) is 11.2 Å². The van der Waals surface area contributed by atoms with Gasteiger partial charge in [-0.05, 0) is 36.2 Å². The molecule has 0 saturated heterocycles. The van der Waals surface area contributed by atoms with Crippen LogP contribution in [0.3, 0.4) is 0 Å². The Morgan fingerprint density at radius 2 is 1.95 bits per heavy atom. The van der Waals surface area contributed by atoms with E-state index in [0.717, 1.165) is 5.56 Å². The molecule has 2 nitrogen and oxygen atoms in total. The van der Waals surface area contributed by atoms with Gasteiger partial charge in [0.2, 0.25) is 5.91 Å². The highest BCUT2D eigenvalue weighted by molar-refractivity contribution is 6.35. The quantitative estimate of drug-likeness (QED) is 0.877. The van der Waals surface area contributed by atoms with Crippen LogP contribution in [0.2, 0.25) is 10.0 Å². The number of benzene rings is 2. The zero-order valence-electron chi connectivity index (χ0n) is 11.4. The molecule has 0 fully saturated rings. The van der Waals surface area contributed by atoms with E-state index < -0.39 is 0 Å². The number of carbonyl (C=O) groups excluding carboxylic acids is 1. The lowest BCUT2D eigenvalue weighted by Crippen LogP contribution is -2.28. The number of hydrogen-bond donors (Lipinski definition) is 1. The Hall–Kier alpha value is -1.58. The molecular formula is C16H14Cl2FNO. The van der Waals surface area contributed by atoms with Gasteiger partial charge in [0.15, 0.2) is 0 Å². The van der Waals surface area contributed by atoms with Crippen LogP contribution in [0.1, 0.15) is 24.1 Å². The standard InChI is InChI=1S/C16H14Cl2FNO/c1-10(13-7-6-12(17)9-14(13)18)20-16(21)8-11-4-2-3-5-15(11)19/h2-7,9-10H,8H2,1H3,(H,20,21)/t10-/m1/s1. The van der Waals surface area contributed by atoms with Crippen molar-refractivity contribution in [1.29, 1.82) is 0 Å². The third-order valence-corrected chi connectivity index (χ3v) is 3.68. The van der Waals surface area contributed by atoms with Gasteiger partial charge in [-0.2, -0.15) is 0 Å². The molecule has 110 valence electrons. The first-order valence-corrected chi connectivity index (χ1v) is 7.20. The summed E-state index contributed by atoms with van der Waals surface area (Å²) in [6.45, 7) is 1.81. The normalized spacial score (nSPS) is 12.0. The fourth-order valence-electron chi connectivity index (χ4n) is 2.04. The lowest BCUT2D eigenvalue weighted by molar-refractivity contribution is -0.121. The number of amides is 1. The molecule has 0 aliphatic rings. The van der Waals surface area contributed by atoms with Crippen LogP contribution in [0.25, 0.3) is 0 Å². The first-order chi connectivity index (χ1) is 9.97. The molecule has 0 spiro atoms. The van der Waals surface area contributed by atoms with Crippen LogP contribution < -0.4 is 5.32 Å². The second kappa shape index (κ2) is 6.92. The second-order valence-electron chi connectivity index (χ2n) is 4.72. The number of carbonyl (C=O) groups is 1. The molecule has 2 aromatic carbocycles. The highest BCUT2D eigenvalue weighted by atomic mass is 35.5. The van der Waals surface area contributed by atoms with E-state index in [2.05, 4.69) is 5.32 Å². The Kier molecular flexibility index (Phi) is 5.21. The molecular weight excluding hydrogens is 312 g/mol. The Bertz CT molecular complexity index is 660. The molecule has 0 heterocycles. The fraction of sp³-hybridized carbons (Fsp3) is 0.188. The van der Waals surface area contributed by atoms with Crippen molar-refractivity contribution in [2.75, 3.05) is 0 Å². The van der Waals surface area contributed by atoms with Gasteiger partial charge in [-0.3, -0.25) is 4.79 Å². The molecule has 0 bridgehead atoms. The first-order valence-electron chi connectivity index (χ1n) is 6.45. The van der Waals surface area contributed by atoms with E-state index >= 15 is 0 Å². The van der Waals surface area contributed by atoms with Crippen molar-refractivity contribution < 1.29 is 9.18 Å². The molecule has 5 heteroatoms. The summed E-state index contributed by atoms with van der Waals surface area (Å²) < 4.78 is 13.5. The molecule has 2 aromatic rings. The Morgan fingerprint density at radius 1 is 1.24 bits per heavy atom. The number of nitrogens with one attached hydrogen (secondary N) is 1. The maximum absolute atomic E-state index is 13.5. The van der Waals surface area contributed by atoms with E-state index in [-0.39, 0.29) is 24.2 Å². The van der Waals surface area contributed by atoms with Crippen LogP contribution in [-0.4, -0.2) is 5.91 Å². The molecule has 1 N–H and O–H groups in total. The zero-order chi connectivity index (χ0) is 15.4. The van der Waals surface area contributed by atoms with Crippen LogP contribution >= 0.6 is 23.2 Å². The molecule has 1 atom stereocenters. The highest BCUT2D eigenvalue weighted by Gasteiger charge is 2.14. The minimum atomic E-state index is -0.384. The molecule has 0 aliphatic carbocycles. The topological polar surface area (TPSA) is 29.1 Å². The van der Waals surface area contributed by atoms with E-state index in [0.29, 0.717) is 15.6 Å². The van der Waals surface area contributed by atoms with Gasteiger partial charge in [0, 0.05) is 10.0 Å². The summed E-state index contributed by atoms with van der Waals surface area (Å²) in [6, 6.07) is 11.0. The second-order valence-corrected chi connectivity index (χ2v) is 5.57. The third kappa shape index (κ3) is 4.19. The van der Waals surface area contributed by atoms with Crippen molar-refractivity contribution in [2.24, 2.45) is 0 Å². The lowest BCUT2D eigenvalue weighted by Gasteiger charge is -2.16. The van der Waals surface area contributed by atoms with Gasteiger partial charge in [-0.25, -0.2) is 4.39 Å². The van der Waals surface area contributed by atoms with Crippen molar-refractivity contribution in [3.63, 3.8) is 0 Å². The van der Waals surface area contributed by atoms with Gasteiger partial charge in [0.25, 0.3) is 0 Å². The smallest absolute Gasteiger partial charge is 0.225 e. The monoisotopic (exact) mass is 325 g/mol. The first kappa shape index (κ1) is 15.8. The summed E-state index contributed by atoms with van der Waals surface area (Å²) in [6.07, 6.45) is -0.0117. The van der Waals surface area contributed by atoms with Crippen LogP contribution in [0.4, 0.5) is 4.39 Å². The van der Waals surface area contributed by atoms with Crippen LogP contribution in [0, 0.1) is 5.82 Å². The Labute approximate surface area is 132 Å². The molecule has 0 unspecified atom stereocenters. The largest absolute Gasteiger partial charge is 0.349 e.